The van der Waals surface area contributed by atoms with E-state index in [1.807, 2.05) is 60.7 Å². The van der Waals surface area contributed by atoms with Gasteiger partial charge in [0.2, 0.25) is 0 Å². The molecule has 0 unspecified atom stereocenters. The van der Waals surface area contributed by atoms with Gasteiger partial charge in [-0.15, -0.1) is 0 Å². The fourth-order valence-corrected chi connectivity index (χ4v) is 6.48. The molecule has 0 amide bonds. The minimum atomic E-state index is 0.711. The van der Waals surface area contributed by atoms with Gasteiger partial charge < -0.3 is 4.42 Å². The van der Waals surface area contributed by atoms with Crippen LogP contribution in [0.4, 0.5) is 0 Å². The standard InChI is InChI=1S/C43H27N3O/c1-4-14-29(15-5-1)40-42-38(33-20-10-12-22-35(33)44-40)37(41(47-42)31-16-6-2-7-17-31)28-24-26-30(27-25-28)39-34-21-11-13-23-36(34)45-43(46-39)32-18-8-3-9-19-32/h1-27H. The van der Waals surface area contributed by atoms with Crippen LogP contribution in [0.25, 0.3) is 89.1 Å². The topological polar surface area (TPSA) is 51.8 Å². The quantitative estimate of drug-likeness (QED) is 0.197. The molecule has 0 fully saturated rings. The second kappa shape index (κ2) is 11.2. The van der Waals surface area contributed by atoms with E-state index >= 15 is 0 Å². The molecule has 6 aromatic carbocycles. The molecule has 0 saturated heterocycles. The lowest BCUT2D eigenvalue weighted by atomic mass is 9.94. The van der Waals surface area contributed by atoms with E-state index in [1.54, 1.807) is 0 Å². The number of benzene rings is 6. The molecule has 47 heavy (non-hydrogen) atoms. The van der Waals surface area contributed by atoms with Gasteiger partial charge in [0.1, 0.15) is 11.5 Å². The summed E-state index contributed by atoms with van der Waals surface area (Å²) in [4.78, 5) is 15.1. The predicted molar refractivity (Wildman–Crippen MR) is 192 cm³/mol. The van der Waals surface area contributed by atoms with Crippen LogP contribution in [0, 0.1) is 0 Å². The van der Waals surface area contributed by atoms with Crippen LogP contribution in [0.15, 0.2) is 168 Å². The van der Waals surface area contributed by atoms with Crippen molar-refractivity contribution < 1.29 is 4.42 Å². The number of hydrogen-bond donors (Lipinski definition) is 0. The molecule has 0 bridgehead atoms. The van der Waals surface area contributed by atoms with Gasteiger partial charge in [-0.05, 0) is 17.7 Å². The van der Waals surface area contributed by atoms with E-state index in [1.165, 1.54) is 0 Å². The number of pyridine rings is 1. The summed E-state index contributed by atoms with van der Waals surface area (Å²) in [6.45, 7) is 0. The van der Waals surface area contributed by atoms with Crippen LogP contribution in [0.1, 0.15) is 0 Å². The predicted octanol–water partition coefficient (Wildman–Crippen LogP) is 11.3. The van der Waals surface area contributed by atoms with E-state index in [4.69, 9.17) is 19.4 Å². The largest absolute Gasteiger partial charge is 0.453 e. The van der Waals surface area contributed by atoms with Gasteiger partial charge in [0.05, 0.1) is 16.7 Å². The number of hydrogen-bond acceptors (Lipinski definition) is 4. The molecular formula is C43H27N3O. The van der Waals surface area contributed by atoms with Crippen molar-refractivity contribution in [3.05, 3.63) is 164 Å². The third kappa shape index (κ3) is 4.66. The summed E-state index contributed by atoms with van der Waals surface area (Å²) in [5.74, 6) is 1.53. The first-order valence-corrected chi connectivity index (χ1v) is 15.7. The molecule has 0 radical (unpaired) electrons. The van der Waals surface area contributed by atoms with E-state index in [9.17, 15) is 0 Å². The van der Waals surface area contributed by atoms with Crippen molar-refractivity contribution in [2.75, 3.05) is 0 Å². The lowest BCUT2D eigenvalue weighted by Crippen LogP contribution is -1.95. The summed E-state index contributed by atoms with van der Waals surface area (Å²) in [7, 11) is 0. The third-order valence-corrected chi connectivity index (χ3v) is 8.69. The summed E-state index contributed by atoms with van der Waals surface area (Å²) in [6.07, 6.45) is 0. The van der Waals surface area contributed by atoms with E-state index < -0.39 is 0 Å². The van der Waals surface area contributed by atoms with Crippen molar-refractivity contribution in [2.24, 2.45) is 0 Å². The molecule has 0 aliphatic heterocycles. The summed E-state index contributed by atoms with van der Waals surface area (Å²) in [6, 6.07) is 56.0. The Kier molecular flexibility index (Phi) is 6.43. The maximum Gasteiger partial charge on any atom is 0.162 e. The van der Waals surface area contributed by atoms with E-state index in [2.05, 4.69) is 103 Å². The van der Waals surface area contributed by atoms with Crippen molar-refractivity contribution in [3.8, 4) is 56.4 Å². The smallest absolute Gasteiger partial charge is 0.162 e. The monoisotopic (exact) mass is 601 g/mol. The fourth-order valence-electron chi connectivity index (χ4n) is 6.48. The van der Waals surface area contributed by atoms with Gasteiger partial charge in [0.25, 0.3) is 0 Å². The highest BCUT2D eigenvalue weighted by Gasteiger charge is 2.24. The highest BCUT2D eigenvalue weighted by molar-refractivity contribution is 6.18. The van der Waals surface area contributed by atoms with Crippen LogP contribution < -0.4 is 0 Å². The van der Waals surface area contributed by atoms with Crippen LogP contribution in [-0.2, 0) is 0 Å². The Bertz CT molecular complexity index is 2540. The highest BCUT2D eigenvalue weighted by atomic mass is 16.3. The van der Waals surface area contributed by atoms with Crippen molar-refractivity contribution in [1.82, 2.24) is 15.0 Å². The number of nitrogens with zero attached hydrogens (tertiary/aromatic N) is 3. The van der Waals surface area contributed by atoms with E-state index in [0.29, 0.717) is 5.82 Å². The van der Waals surface area contributed by atoms with Crippen LogP contribution in [0.3, 0.4) is 0 Å². The van der Waals surface area contributed by atoms with E-state index in [0.717, 1.165) is 83.3 Å². The molecule has 0 saturated carbocycles. The van der Waals surface area contributed by atoms with E-state index in [-0.39, 0.29) is 0 Å². The molecule has 9 rings (SSSR count). The molecule has 0 N–H and O–H groups in total. The van der Waals surface area contributed by atoms with Gasteiger partial charge in [-0.25, -0.2) is 15.0 Å². The molecule has 3 heterocycles. The first kappa shape index (κ1) is 27.0. The normalized spacial score (nSPS) is 11.4. The van der Waals surface area contributed by atoms with Crippen LogP contribution in [-0.4, -0.2) is 15.0 Å². The molecule has 4 heteroatoms. The first-order valence-electron chi connectivity index (χ1n) is 15.7. The number of para-hydroxylation sites is 2. The minimum absolute atomic E-state index is 0.711. The molecule has 0 aliphatic carbocycles. The van der Waals surface area contributed by atoms with Crippen molar-refractivity contribution in [3.63, 3.8) is 0 Å². The maximum atomic E-state index is 6.89. The van der Waals surface area contributed by atoms with Gasteiger partial charge >= 0.3 is 0 Å². The molecule has 0 spiro atoms. The second-order valence-corrected chi connectivity index (χ2v) is 11.6. The molecule has 0 atom stereocenters. The summed E-state index contributed by atoms with van der Waals surface area (Å²) in [5.41, 5.74) is 10.5. The molecule has 0 aliphatic rings. The Morgan fingerprint density at radius 1 is 0.362 bits per heavy atom. The first-order chi connectivity index (χ1) is 23.3. The lowest BCUT2D eigenvalue weighted by Gasteiger charge is -2.11. The Hall–Kier alpha value is -6.39. The average molecular weight is 602 g/mol. The zero-order valence-electron chi connectivity index (χ0n) is 25.3. The minimum Gasteiger partial charge on any atom is -0.453 e. The zero-order valence-corrected chi connectivity index (χ0v) is 25.3. The number of rotatable bonds is 5. The molecule has 3 aromatic heterocycles. The maximum absolute atomic E-state index is 6.89. The SMILES string of the molecule is c1ccc(-c2nc(-c3ccc(-c4c(-c5ccccc5)oc5c(-c6ccccc6)nc6ccccc6c45)cc3)c3ccccc3n2)cc1. The molecule has 9 aromatic rings. The number of aromatic nitrogens is 3. The van der Waals surface area contributed by atoms with Gasteiger partial charge in [-0.3, -0.25) is 0 Å². The Morgan fingerprint density at radius 2 is 0.872 bits per heavy atom. The van der Waals surface area contributed by atoms with Gasteiger partial charge in [0.15, 0.2) is 11.4 Å². The molecule has 4 nitrogen and oxygen atoms in total. The average Bonchev–Trinajstić information content (AvgIpc) is 3.56. The summed E-state index contributed by atoms with van der Waals surface area (Å²) in [5, 5.41) is 3.13. The Morgan fingerprint density at radius 3 is 1.55 bits per heavy atom. The van der Waals surface area contributed by atoms with Gasteiger partial charge in [0, 0.05) is 44.0 Å². The van der Waals surface area contributed by atoms with Crippen LogP contribution >= 0.6 is 0 Å². The van der Waals surface area contributed by atoms with Gasteiger partial charge in [-0.1, -0.05) is 152 Å². The Labute approximate surface area is 271 Å². The second-order valence-electron chi connectivity index (χ2n) is 11.6. The lowest BCUT2D eigenvalue weighted by molar-refractivity contribution is 0.632. The molecular weight excluding hydrogens is 574 g/mol. The summed E-state index contributed by atoms with van der Waals surface area (Å²) >= 11 is 0. The van der Waals surface area contributed by atoms with Crippen molar-refractivity contribution in [2.45, 2.75) is 0 Å². The van der Waals surface area contributed by atoms with Crippen LogP contribution in [0.2, 0.25) is 0 Å². The zero-order chi connectivity index (χ0) is 31.2. The summed E-state index contributed by atoms with van der Waals surface area (Å²) < 4.78 is 6.89. The number of furan rings is 1. The highest BCUT2D eigenvalue weighted by Crippen LogP contribution is 2.46. The molecule has 220 valence electrons. The third-order valence-electron chi connectivity index (χ3n) is 8.69. The Balaban J connectivity index is 1.29. The van der Waals surface area contributed by atoms with Crippen LogP contribution in [0.5, 0.6) is 0 Å². The number of fused-ring (bicyclic) bond motifs is 4. The van der Waals surface area contributed by atoms with Crippen molar-refractivity contribution in [1.29, 1.82) is 0 Å². The van der Waals surface area contributed by atoms with Crippen molar-refractivity contribution >= 4 is 32.8 Å². The van der Waals surface area contributed by atoms with Gasteiger partial charge in [-0.2, -0.15) is 0 Å². The fraction of sp³-hybridized carbons (Fsp3) is 0.